The Balaban J connectivity index is 0.000000648. The summed E-state index contributed by atoms with van der Waals surface area (Å²) < 4.78 is 31.7. The number of methoxy groups -OCH3 is 1. The number of benzene rings is 3. The van der Waals surface area contributed by atoms with Gasteiger partial charge in [0.25, 0.3) is 10.1 Å². The number of rotatable bonds is 7. The molecule has 0 saturated carbocycles. The van der Waals surface area contributed by atoms with Gasteiger partial charge in [-0.3, -0.25) is 9.45 Å². The molecule has 0 aromatic heterocycles. The number of anilines is 1. The maximum atomic E-state index is 9.19. The van der Waals surface area contributed by atoms with Crippen LogP contribution >= 0.6 is 0 Å². The van der Waals surface area contributed by atoms with E-state index in [1.807, 2.05) is 0 Å². The second-order valence-corrected chi connectivity index (χ2v) is 12.7. The van der Waals surface area contributed by atoms with Crippen molar-refractivity contribution in [2.45, 2.75) is 57.0 Å². The molecule has 0 radical (unpaired) electrons. The molecule has 6 nitrogen and oxygen atoms in total. The Bertz CT molecular complexity index is 1280. The van der Waals surface area contributed by atoms with E-state index in [1.54, 1.807) is 7.11 Å². The van der Waals surface area contributed by atoms with Gasteiger partial charge in [0, 0.05) is 17.5 Å². The minimum absolute atomic E-state index is 0.0667. The van der Waals surface area contributed by atoms with Crippen LogP contribution in [0, 0.1) is 5.92 Å². The molecular formula is C32H42N2O4S. The highest BCUT2D eigenvalue weighted by Gasteiger charge is 2.55. The third-order valence-corrected chi connectivity index (χ3v) is 8.37. The van der Waals surface area contributed by atoms with Gasteiger partial charge in [-0.25, -0.2) is 0 Å². The summed E-state index contributed by atoms with van der Waals surface area (Å²) in [7, 11) is -1.89. The van der Waals surface area contributed by atoms with E-state index in [9.17, 15) is 8.42 Å². The van der Waals surface area contributed by atoms with Crippen LogP contribution in [0.2, 0.25) is 0 Å². The van der Waals surface area contributed by atoms with Crippen LogP contribution in [0.3, 0.4) is 0 Å². The first-order valence-electron chi connectivity index (χ1n) is 13.7. The van der Waals surface area contributed by atoms with Crippen LogP contribution in [0.1, 0.15) is 62.1 Å². The van der Waals surface area contributed by atoms with Crippen LogP contribution in [0.5, 0.6) is 5.75 Å². The van der Waals surface area contributed by atoms with Crippen molar-refractivity contribution in [3.8, 4) is 5.75 Å². The molecule has 0 aliphatic carbocycles. The van der Waals surface area contributed by atoms with Crippen molar-refractivity contribution >= 4 is 15.8 Å². The average molecular weight is 551 g/mol. The molecule has 39 heavy (non-hydrogen) atoms. The standard InChI is InChI=1S/C31H38N2O.CH4O3S/c1-22(2)26-15-16-28(34-4)27(21-26)32-30-25-17-19-33(20-18-25)31(30,3)29(23-11-7-5-8-12-23)24-13-9-6-10-14-24;1-5(2,3)4/h5-16,21-22,25,29-30,32H,17-20H2,1-4H3;1H3,(H,2,3,4)/t30-,31-;/m0./s1. The van der Waals surface area contributed by atoms with Gasteiger partial charge in [0.05, 0.1) is 19.1 Å². The van der Waals surface area contributed by atoms with Crippen LogP contribution < -0.4 is 10.1 Å². The van der Waals surface area contributed by atoms with E-state index in [4.69, 9.17) is 9.29 Å². The summed E-state index contributed by atoms with van der Waals surface area (Å²) in [4.78, 5) is 2.76. The lowest BCUT2D eigenvalue weighted by Gasteiger charge is -2.61. The van der Waals surface area contributed by atoms with Gasteiger partial charge in [0.15, 0.2) is 0 Å². The van der Waals surface area contributed by atoms with Crippen molar-refractivity contribution in [3.63, 3.8) is 0 Å². The van der Waals surface area contributed by atoms with E-state index in [1.165, 1.54) is 42.6 Å². The molecule has 2 atom stereocenters. The normalized spacial score (nSPS) is 24.3. The zero-order valence-corrected chi connectivity index (χ0v) is 24.5. The highest BCUT2D eigenvalue weighted by molar-refractivity contribution is 7.85. The summed E-state index contributed by atoms with van der Waals surface area (Å²) in [5.74, 6) is 2.32. The lowest BCUT2D eigenvalue weighted by atomic mass is 9.62. The average Bonchev–Trinajstić information content (AvgIpc) is 2.91. The van der Waals surface area contributed by atoms with Crippen molar-refractivity contribution in [3.05, 3.63) is 95.6 Å². The number of nitrogens with one attached hydrogen (secondary N) is 1. The van der Waals surface area contributed by atoms with Crippen molar-refractivity contribution in [2.24, 2.45) is 5.92 Å². The minimum Gasteiger partial charge on any atom is -0.495 e. The Morgan fingerprint density at radius 3 is 1.90 bits per heavy atom. The number of nitrogens with zero attached hydrogens (tertiary/aromatic N) is 1. The molecule has 3 aromatic carbocycles. The third-order valence-electron chi connectivity index (χ3n) is 8.37. The fraction of sp³-hybridized carbons (Fsp3) is 0.438. The molecule has 3 heterocycles. The SMILES string of the molecule is COc1ccc(C(C)C)cc1N[C@H]1C2CCN(CC2)[C@@]1(C)C(c1ccccc1)c1ccccc1.CS(=O)(=O)O. The van der Waals surface area contributed by atoms with Gasteiger partial charge in [-0.15, -0.1) is 0 Å². The lowest BCUT2D eigenvalue weighted by Crippen LogP contribution is -2.70. The summed E-state index contributed by atoms with van der Waals surface area (Å²) in [5.41, 5.74) is 5.17. The quantitative estimate of drug-likeness (QED) is 0.331. The largest absolute Gasteiger partial charge is 0.495 e. The second-order valence-electron chi connectivity index (χ2n) is 11.3. The second kappa shape index (κ2) is 12.1. The van der Waals surface area contributed by atoms with Crippen LogP contribution in [0.4, 0.5) is 5.69 Å². The summed E-state index contributed by atoms with van der Waals surface area (Å²) in [6.07, 6.45) is 3.21. The van der Waals surface area contributed by atoms with Crippen molar-refractivity contribution < 1.29 is 17.7 Å². The molecule has 3 saturated heterocycles. The van der Waals surface area contributed by atoms with Gasteiger partial charge in [-0.2, -0.15) is 8.42 Å². The summed E-state index contributed by atoms with van der Waals surface area (Å²) in [6.45, 7) is 9.34. The van der Waals surface area contributed by atoms with Crippen molar-refractivity contribution in [2.75, 3.05) is 31.8 Å². The predicted molar refractivity (Wildman–Crippen MR) is 159 cm³/mol. The Labute approximate surface area is 234 Å². The van der Waals surface area contributed by atoms with Gasteiger partial charge in [0.1, 0.15) is 5.75 Å². The molecule has 3 aliphatic heterocycles. The maximum absolute atomic E-state index is 9.19. The third kappa shape index (κ3) is 6.65. The topological polar surface area (TPSA) is 78.9 Å². The van der Waals surface area contributed by atoms with Crippen LogP contribution in [-0.4, -0.2) is 55.9 Å². The number of hydrogen-bond acceptors (Lipinski definition) is 5. The smallest absolute Gasteiger partial charge is 0.261 e. The number of hydrogen-bond donors (Lipinski definition) is 2. The summed E-state index contributed by atoms with van der Waals surface area (Å²) >= 11 is 0. The molecule has 3 aliphatic rings. The Morgan fingerprint density at radius 1 is 0.923 bits per heavy atom. The number of piperidine rings is 3. The van der Waals surface area contributed by atoms with Gasteiger partial charge in [0.2, 0.25) is 0 Å². The molecule has 2 bridgehead atoms. The van der Waals surface area contributed by atoms with Gasteiger partial charge in [-0.1, -0.05) is 80.6 Å². The molecule has 3 fully saturated rings. The number of ether oxygens (including phenoxy) is 1. The molecule has 210 valence electrons. The predicted octanol–water partition coefficient (Wildman–Crippen LogP) is 6.42. The number of fused-ring (bicyclic) bond motifs is 3. The monoisotopic (exact) mass is 550 g/mol. The Morgan fingerprint density at radius 2 is 1.44 bits per heavy atom. The van der Waals surface area contributed by atoms with Gasteiger partial charge >= 0.3 is 0 Å². The van der Waals surface area contributed by atoms with E-state index in [2.05, 4.69) is 110 Å². The van der Waals surface area contributed by atoms with Crippen LogP contribution in [0.15, 0.2) is 78.9 Å². The first kappa shape index (κ1) is 29.1. The molecule has 0 amide bonds. The van der Waals surface area contributed by atoms with Crippen molar-refractivity contribution in [1.29, 1.82) is 0 Å². The van der Waals surface area contributed by atoms with E-state index in [0.29, 0.717) is 24.1 Å². The van der Waals surface area contributed by atoms with Gasteiger partial charge < -0.3 is 10.1 Å². The van der Waals surface area contributed by atoms with Crippen molar-refractivity contribution in [1.82, 2.24) is 4.90 Å². The van der Waals surface area contributed by atoms with Gasteiger partial charge in [-0.05, 0) is 73.5 Å². The summed E-state index contributed by atoms with van der Waals surface area (Å²) in [6, 6.07) is 29.2. The molecular weight excluding hydrogens is 508 g/mol. The van der Waals surface area contributed by atoms with E-state index < -0.39 is 10.1 Å². The highest BCUT2D eigenvalue weighted by atomic mass is 32.2. The minimum atomic E-state index is -3.67. The zero-order valence-electron chi connectivity index (χ0n) is 23.7. The first-order chi connectivity index (χ1) is 18.5. The van der Waals surface area contributed by atoms with Crippen LogP contribution in [-0.2, 0) is 10.1 Å². The Kier molecular flexibility index (Phi) is 9.04. The lowest BCUT2D eigenvalue weighted by molar-refractivity contribution is -0.0401. The van der Waals surface area contributed by atoms with E-state index >= 15 is 0 Å². The first-order valence-corrected chi connectivity index (χ1v) is 15.6. The molecule has 3 aromatic rings. The highest BCUT2D eigenvalue weighted by Crippen LogP contribution is 2.51. The van der Waals surface area contributed by atoms with E-state index in [-0.39, 0.29) is 11.5 Å². The molecule has 6 rings (SSSR count). The molecule has 2 N–H and O–H groups in total. The fourth-order valence-corrected chi connectivity index (χ4v) is 6.54. The van der Waals surface area contributed by atoms with Crippen LogP contribution in [0.25, 0.3) is 0 Å². The molecule has 7 heteroatoms. The molecule has 0 spiro atoms. The summed E-state index contributed by atoms with van der Waals surface area (Å²) in [5, 5.41) is 4.07. The molecule has 0 unspecified atom stereocenters. The zero-order chi connectivity index (χ0) is 28.2. The van der Waals surface area contributed by atoms with E-state index in [0.717, 1.165) is 11.4 Å². The fourth-order valence-electron chi connectivity index (χ4n) is 6.54. The Hall–Kier alpha value is -2.87. The maximum Gasteiger partial charge on any atom is 0.261 e.